The molecule has 4 rings (SSSR count). The van der Waals surface area contributed by atoms with Crippen LogP contribution < -0.4 is 15.4 Å². The lowest BCUT2D eigenvalue weighted by Crippen LogP contribution is -2.44. The fourth-order valence-electron chi connectivity index (χ4n) is 4.07. The minimum Gasteiger partial charge on any atom is -0.457 e. The Hall–Kier alpha value is -4.66. The molecular formula is C30H31FN4O4. The molecule has 3 amide bonds. The quantitative estimate of drug-likeness (QED) is 0.254. The van der Waals surface area contributed by atoms with E-state index >= 15 is 0 Å². The zero-order chi connectivity index (χ0) is 27.9. The van der Waals surface area contributed by atoms with E-state index in [0.29, 0.717) is 35.0 Å². The largest absolute Gasteiger partial charge is 0.457 e. The predicted molar refractivity (Wildman–Crippen MR) is 149 cm³/mol. The summed E-state index contributed by atoms with van der Waals surface area (Å²) in [6.45, 7) is 5.67. The van der Waals surface area contributed by atoms with Crippen molar-refractivity contribution < 1.29 is 23.5 Å². The summed E-state index contributed by atoms with van der Waals surface area (Å²) in [5.74, 6) is -0.271. The van der Waals surface area contributed by atoms with Gasteiger partial charge in [0.2, 0.25) is 11.8 Å². The number of halogens is 1. The molecule has 0 aliphatic carbocycles. The smallest absolute Gasteiger partial charge is 0.271 e. The molecule has 0 aliphatic rings. The molecule has 3 N–H and O–H groups in total. The predicted octanol–water partition coefficient (Wildman–Crippen LogP) is 5.44. The van der Waals surface area contributed by atoms with Crippen LogP contribution in [0.15, 0.2) is 72.8 Å². The van der Waals surface area contributed by atoms with Gasteiger partial charge in [0, 0.05) is 17.6 Å². The molecular weight excluding hydrogens is 499 g/mol. The number of para-hydroxylation sites is 1. The van der Waals surface area contributed by atoms with Crippen LogP contribution >= 0.6 is 0 Å². The maximum atomic E-state index is 14.1. The van der Waals surface area contributed by atoms with Crippen molar-refractivity contribution in [3.63, 3.8) is 0 Å². The number of carbonyl (C=O) groups excluding carboxylic acids is 3. The van der Waals surface area contributed by atoms with Crippen molar-refractivity contribution in [1.82, 2.24) is 15.2 Å². The highest BCUT2D eigenvalue weighted by Crippen LogP contribution is 2.25. The number of benzene rings is 3. The number of amides is 3. The van der Waals surface area contributed by atoms with Crippen LogP contribution in [0.1, 0.15) is 42.7 Å². The zero-order valence-corrected chi connectivity index (χ0v) is 22.1. The molecule has 0 unspecified atom stereocenters. The molecule has 202 valence electrons. The minimum atomic E-state index is -0.598. The summed E-state index contributed by atoms with van der Waals surface area (Å²) < 4.78 is 20.0. The summed E-state index contributed by atoms with van der Waals surface area (Å²) in [4.78, 5) is 42.2. The number of ether oxygens (including phenoxy) is 1. The van der Waals surface area contributed by atoms with Gasteiger partial charge in [0.15, 0.2) is 0 Å². The summed E-state index contributed by atoms with van der Waals surface area (Å²) in [6.07, 6.45) is 0. The molecule has 0 saturated carbocycles. The summed E-state index contributed by atoms with van der Waals surface area (Å²) in [7, 11) is 0. The average Bonchev–Trinajstić information content (AvgIpc) is 3.35. The number of fused-ring (bicyclic) bond motifs is 1. The number of hydrogen-bond donors (Lipinski definition) is 3. The maximum Gasteiger partial charge on any atom is 0.271 e. The maximum absolute atomic E-state index is 14.1. The standard InChI is InChI=1S/C30H31FN4O4/c1-4-32-27(36)17-35(30(38)26-16-21-6-5-7-25(31)29(21)34-26)18-28(37)33-22-10-14-24(15-11-22)39-23-12-8-20(9-13-23)19(2)3/h5-16,19,34H,4,17-18H2,1-3H3,(H,32,36)(H,33,37). The van der Waals surface area contributed by atoms with Crippen LogP contribution in [0.4, 0.5) is 10.1 Å². The molecule has 1 heterocycles. The fourth-order valence-corrected chi connectivity index (χ4v) is 4.07. The van der Waals surface area contributed by atoms with Gasteiger partial charge in [0.1, 0.15) is 36.1 Å². The molecule has 39 heavy (non-hydrogen) atoms. The van der Waals surface area contributed by atoms with E-state index in [1.54, 1.807) is 43.3 Å². The molecule has 0 fully saturated rings. The molecule has 1 aromatic heterocycles. The van der Waals surface area contributed by atoms with Crippen LogP contribution in [0.3, 0.4) is 0 Å². The van der Waals surface area contributed by atoms with Crippen molar-refractivity contribution in [2.45, 2.75) is 26.7 Å². The second kappa shape index (κ2) is 12.3. The first kappa shape index (κ1) is 27.4. The number of nitrogens with one attached hydrogen (secondary N) is 3. The third-order valence-electron chi connectivity index (χ3n) is 6.09. The molecule has 9 heteroatoms. The van der Waals surface area contributed by atoms with Crippen molar-refractivity contribution in [2.24, 2.45) is 0 Å². The molecule has 0 aliphatic heterocycles. The molecule has 3 aromatic carbocycles. The fraction of sp³-hybridized carbons (Fsp3) is 0.233. The first-order valence-corrected chi connectivity index (χ1v) is 12.7. The molecule has 0 saturated heterocycles. The van der Waals surface area contributed by atoms with E-state index in [0.717, 1.165) is 4.90 Å². The Morgan fingerprint density at radius 3 is 2.18 bits per heavy atom. The van der Waals surface area contributed by atoms with E-state index in [-0.39, 0.29) is 24.3 Å². The average molecular weight is 531 g/mol. The number of hydrogen-bond acceptors (Lipinski definition) is 4. The first-order chi connectivity index (χ1) is 18.7. The molecule has 4 aromatic rings. The third kappa shape index (κ3) is 7.01. The van der Waals surface area contributed by atoms with Crippen molar-refractivity contribution in [3.8, 4) is 11.5 Å². The second-order valence-electron chi connectivity index (χ2n) is 9.40. The lowest BCUT2D eigenvalue weighted by Gasteiger charge is -2.21. The van der Waals surface area contributed by atoms with E-state index in [2.05, 4.69) is 29.5 Å². The zero-order valence-electron chi connectivity index (χ0n) is 22.1. The Morgan fingerprint density at radius 2 is 1.56 bits per heavy atom. The number of carbonyl (C=O) groups is 3. The topological polar surface area (TPSA) is 104 Å². The van der Waals surface area contributed by atoms with Crippen LogP contribution in [0.2, 0.25) is 0 Å². The number of aromatic nitrogens is 1. The Morgan fingerprint density at radius 1 is 0.923 bits per heavy atom. The lowest BCUT2D eigenvalue weighted by molar-refractivity contribution is -0.122. The van der Waals surface area contributed by atoms with Crippen LogP contribution in [-0.4, -0.2) is 47.2 Å². The monoisotopic (exact) mass is 530 g/mol. The molecule has 0 atom stereocenters. The van der Waals surface area contributed by atoms with E-state index < -0.39 is 23.5 Å². The van der Waals surface area contributed by atoms with Crippen LogP contribution in [-0.2, 0) is 9.59 Å². The van der Waals surface area contributed by atoms with Gasteiger partial charge >= 0.3 is 0 Å². The Bertz CT molecular complexity index is 1460. The van der Waals surface area contributed by atoms with Crippen LogP contribution in [0, 0.1) is 5.82 Å². The van der Waals surface area contributed by atoms with Gasteiger partial charge in [-0.15, -0.1) is 0 Å². The Balaban J connectivity index is 1.42. The normalized spacial score (nSPS) is 10.9. The van der Waals surface area contributed by atoms with Crippen molar-refractivity contribution in [2.75, 3.05) is 25.0 Å². The molecule has 8 nitrogen and oxygen atoms in total. The number of likely N-dealkylation sites (N-methyl/N-ethyl adjacent to an activating group) is 1. The van der Waals surface area contributed by atoms with Gasteiger partial charge in [0.25, 0.3) is 5.91 Å². The van der Waals surface area contributed by atoms with E-state index in [1.165, 1.54) is 17.7 Å². The van der Waals surface area contributed by atoms with E-state index in [9.17, 15) is 18.8 Å². The third-order valence-corrected chi connectivity index (χ3v) is 6.09. The summed E-state index contributed by atoms with van der Waals surface area (Å²) in [6, 6.07) is 20.7. The molecule has 0 spiro atoms. The van der Waals surface area contributed by atoms with Gasteiger partial charge in [-0.25, -0.2) is 4.39 Å². The van der Waals surface area contributed by atoms with Crippen LogP contribution in [0.5, 0.6) is 11.5 Å². The van der Waals surface area contributed by atoms with Gasteiger partial charge in [-0.3, -0.25) is 14.4 Å². The van der Waals surface area contributed by atoms with Gasteiger partial charge in [-0.1, -0.05) is 38.1 Å². The van der Waals surface area contributed by atoms with Gasteiger partial charge in [0.05, 0.1) is 5.52 Å². The first-order valence-electron chi connectivity index (χ1n) is 12.7. The number of rotatable bonds is 10. The number of nitrogens with zero attached hydrogens (tertiary/aromatic N) is 1. The number of anilines is 1. The molecule has 0 radical (unpaired) electrons. The van der Waals surface area contributed by atoms with Gasteiger partial charge in [-0.2, -0.15) is 0 Å². The van der Waals surface area contributed by atoms with Gasteiger partial charge in [-0.05, 0) is 66.9 Å². The summed E-state index contributed by atoms with van der Waals surface area (Å²) >= 11 is 0. The van der Waals surface area contributed by atoms with Gasteiger partial charge < -0.3 is 25.3 Å². The number of H-pyrrole nitrogens is 1. The SMILES string of the molecule is CCNC(=O)CN(CC(=O)Nc1ccc(Oc2ccc(C(C)C)cc2)cc1)C(=O)c1cc2cccc(F)c2[nH]1. The van der Waals surface area contributed by atoms with Crippen molar-refractivity contribution in [1.29, 1.82) is 0 Å². The lowest BCUT2D eigenvalue weighted by atomic mass is 10.0. The highest BCUT2D eigenvalue weighted by molar-refractivity contribution is 6.02. The van der Waals surface area contributed by atoms with Crippen LogP contribution in [0.25, 0.3) is 10.9 Å². The highest BCUT2D eigenvalue weighted by atomic mass is 19.1. The number of aromatic amines is 1. The highest BCUT2D eigenvalue weighted by Gasteiger charge is 2.23. The minimum absolute atomic E-state index is 0.0788. The Labute approximate surface area is 226 Å². The summed E-state index contributed by atoms with van der Waals surface area (Å²) in [5.41, 5.74) is 1.98. The van der Waals surface area contributed by atoms with E-state index in [1.807, 2.05) is 24.3 Å². The van der Waals surface area contributed by atoms with E-state index in [4.69, 9.17) is 4.74 Å². The molecule has 0 bridgehead atoms. The Kier molecular flexibility index (Phi) is 8.60. The summed E-state index contributed by atoms with van der Waals surface area (Å²) in [5, 5.41) is 5.88. The van der Waals surface area contributed by atoms with Crippen molar-refractivity contribution in [3.05, 3.63) is 89.9 Å². The van der Waals surface area contributed by atoms with Crippen molar-refractivity contribution >= 4 is 34.3 Å². The second-order valence-corrected chi connectivity index (χ2v) is 9.40.